The highest BCUT2D eigenvalue weighted by atomic mass is 16.2. The van der Waals surface area contributed by atoms with Gasteiger partial charge < -0.3 is 0 Å². The zero-order chi connectivity index (χ0) is 10.4. The first-order chi connectivity index (χ1) is 6.68. The van der Waals surface area contributed by atoms with Crippen LogP contribution in [-0.2, 0) is 11.2 Å². The Morgan fingerprint density at radius 3 is 2.50 bits per heavy atom. The third kappa shape index (κ3) is 3.85. The number of hydrogen-bond donors (Lipinski definition) is 1. The maximum absolute atomic E-state index is 11.3. The number of nitrogens with one attached hydrogen (secondary N) is 1. The van der Waals surface area contributed by atoms with Crippen LogP contribution in [0.25, 0.3) is 0 Å². The molecule has 0 aliphatic rings. The number of hydrogen-bond acceptors (Lipinski definition) is 2. The number of rotatable bonds is 3. The van der Waals surface area contributed by atoms with E-state index in [9.17, 15) is 4.79 Å². The first-order valence-electron chi connectivity index (χ1n) is 4.52. The summed E-state index contributed by atoms with van der Waals surface area (Å²) in [6, 6.07) is 9.59. The molecule has 0 saturated carbocycles. The van der Waals surface area contributed by atoms with E-state index in [-0.39, 0.29) is 5.91 Å². The van der Waals surface area contributed by atoms with Crippen molar-refractivity contribution in [1.82, 2.24) is 5.43 Å². The van der Waals surface area contributed by atoms with Gasteiger partial charge in [-0.2, -0.15) is 5.10 Å². The molecule has 1 amide bonds. The third-order valence-electron chi connectivity index (χ3n) is 1.61. The minimum absolute atomic E-state index is 0.0857. The highest BCUT2D eigenvalue weighted by molar-refractivity contribution is 5.83. The van der Waals surface area contributed by atoms with Crippen molar-refractivity contribution in [1.29, 1.82) is 0 Å². The summed E-state index contributed by atoms with van der Waals surface area (Å²) >= 11 is 0. The molecule has 3 heteroatoms. The molecule has 0 heterocycles. The number of nitrogens with zero attached hydrogens (tertiary/aromatic N) is 1. The molecule has 1 aromatic rings. The molecule has 0 atom stereocenters. The summed E-state index contributed by atoms with van der Waals surface area (Å²) < 4.78 is 0. The van der Waals surface area contributed by atoms with E-state index in [1.54, 1.807) is 0 Å². The Labute approximate surface area is 83.8 Å². The molecular formula is C11H14N2O. The fourth-order valence-electron chi connectivity index (χ4n) is 0.995. The Morgan fingerprint density at radius 2 is 1.93 bits per heavy atom. The summed E-state index contributed by atoms with van der Waals surface area (Å²) in [6.45, 7) is 3.67. The monoisotopic (exact) mass is 190 g/mol. The molecule has 1 rings (SSSR count). The van der Waals surface area contributed by atoms with Crippen LogP contribution in [0.1, 0.15) is 19.4 Å². The second-order valence-corrected chi connectivity index (χ2v) is 3.26. The van der Waals surface area contributed by atoms with Gasteiger partial charge in [0.2, 0.25) is 5.91 Å². The Hall–Kier alpha value is -1.64. The van der Waals surface area contributed by atoms with E-state index < -0.39 is 0 Å². The zero-order valence-electron chi connectivity index (χ0n) is 8.45. The Balaban J connectivity index is 2.46. The molecule has 0 unspecified atom stereocenters. The van der Waals surface area contributed by atoms with Crippen LogP contribution in [0.3, 0.4) is 0 Å². The van der Waals surface area contributed by atoms with Gasteiger partial charge >= 0.3 is 0 Å². The molecule has 74 valence electrons. The molecule has 0 spiro atoms. The Morgan fingerprint density at radius 1 is 1.29 bits per heavy atom. The van der Waals surface area contributed by atoms with E-state index in [2.05, 4.69) is 10.5 Å². The van der Waals surface area contributed by atoms with Crippen molar-refractivity contribution < 1.29 is 4.79 Å². The Kier molecular flexibility index (Phi) is 3.85. The van der Waals surface area contributed by atoms with E-state index in [0.29, 0.717) is 6.42 Å². The summed E-state index contributed by atoms with van der Waals surface area (Å²) in [5.41, 5.74) is 4.31. The summed E-state index contributed by atoms with van der Waals surface area (Å²) in [6.07, 6.45) is 0.373. The number of carbonyl (C=O) groups excluding carboxylic acids is 1. The van der Waals surface area contributed by atoms with Gasteiger partial charge in [0.05, 0.1) is 6.42 Å². The molecule has 0 aliphatic heterocycles. The van der Waals surface area contributed by atoms with Gasteiger partial charge in [0, 0.05) is 5.71 Å². The van der Waals surface area contributed by atoms with Crippen LogP contribution >= 0.6 is 0 Å². The van der Waals surface area contributed by atoms with Crippen molar-refractivity contribution in [2.45, 2.75) is 20.3 Å². The summed E-state index contributed by atoms with van der Waals surface area (Å²) in [4.78, 5) is 11.3. The van der Waals surface area contributed by atoms with Crippen LogP contribution in [0.15, 0.2) is 35.4 Å². The van der Waals surface area contributed by atoms with Crippen molar-refractivity contribution in [3.8, 4) is 0 Å². The lowest BCUT2D eigenvalue weighted by Crippen LogP contribution is -2.20. The van der Waals surface area contributed by atoms with E-state index >= 15 is 0 Å². The van der Waals surface area contributed by atoms with E-state index in [1.165, 1.54) is 0 Å². The van der Waals surface area contributed by atoms with Crippen LogP contribution in [0.5, 0.6) is 0 Å². The van der Waals surface area contributed by atoms with Crippen molar-refractivity contribution in [2.24, 2.45) is 5.10 Å². The third-order valence-corrected chi connectivity index (χ3v) is 1.61. The van der Waals surface area contributed by atoms with Gasteiger partial charge in [0.15, 0.2) is 0 Å². The predicted molar refractivity (Wildman–Crippen MR) is 57.1 cm³/mol. The lowest BCUT2D eigenvalue weighted by Gasteiger charge is -2.00. The summed E-state index contributed by atoms with van der Waals surface area (Å²) in [7, 11) is 0. The molecule has 0 fully saturated rings. The molecular weight excluding hydrogens is 176 g/mol. The fourth-order valence-corrected chi connectivity index (χ4v) is 0.995. The first kappa shape index (κ1) is 10.4. The average Bonchev–Trinajstić information content (AvgIpc) is 2.16. The van der Waals surface area contributed by atoms with Gasteiger partial charge in [0.1, 0.15) is 0 Å². The van der Waals surface area contributed by atoms with Gasteiger partial charge in [-0.3, -0.25) is 4.79 Å². The van der Waals surface area contributed by atoms with Gasteiger partial charge in [-0.05, 0) is 19.4 Å². The van der Waals surface area contributed by atoms with Gasteiger partial charge in [0.25, 0.3) is 0 Å². The van der Waals surface area contributed by atoms with Crippen LogP contribution in [-0.4, -0.2) is 11.6 Å². The number of benzene rings is 1. The standard InChI is InChI=1S/C11H14N2O/c1-9(2)12-13-11(14)8-10-6-4-3-5-7-10/h3-7H,8H2,1-2H3,(H,13,14). The minimum atomic E-state index is -0.0857. The second-order valence-electron chi connectivity index (χ2n) is 3.26. The maximum Gasteiger partial charge on any atom is 0.244 e. The van der Waals surface area contributed by atoms with Crippen molar-refractivity contribution >= 4 is 11.6 Å². The van der Waals surface area contributed by atoms with E-state index in [0.717, 1.165) is 11.3 Å². The molecule has 1 aromatic carbocycles. The molecule has 0 aliphatic carbocycles. The maximum atomic E-state index is 11.3. The molecule has 0 radical (unpaired) electrons. The number of carbonyl (C=O) groups is 1. The van der Waals surface area contributed by atoms with Gasteiger partial charge in [-0.25, -0.2) is 5.43 Å². The van der Waals surface area contributed by atoms with Gasteiger partial charge in [-0.1, -0.05) is 30.3 Å². The molecule has 0 aromatic heterocycles. The van der Waals surface area contributed by atoms with Crippen LogP contribution in [0, 0.1) is 0 Å². The molecule has 1 N–H and O–H groups in total. The number of amides is 1. The molecule has 3 nitrogen and oxygen atoms in total. The molecule has 0 saturated heterocycles. The highest BCUT2D eigenvalue weighted by Gasteiger charge is 2.00. The molecule has 0 bridgehead atoms. The first-order valence-corrected chi connectivity index (χ1v) is 4.52. The summed E-state index contributed by atoms with van der Waals surface area (Å²) in [5, 5.41) is 3.84. The largest absolute Gasteiger partial charge is 0.273 e. The topological polar surface area (TPSA) is 41.5 Å². The zero-order valence-corrected chi connectivity index (χ0v) is 8.45. The van der Waals surface area contributed by atoms with Gasteiger partial charge in [-0.15, -0.1) is 0 Å². The number of hydrazone groups is 1. The quantitative estimate of drug-likeness (QED) is 0.572. The van der Waals surface area contributed by atoms with Crippen molar-refractivity contribution in [3.63, 3.8) is 0 Å². The van der Waals surface area contributed by atoms with Crippen LogP contribution < -0.4 is 5.43 Å². The average molecular weight is 190 g/mol. The lowest BCUT2D eigenvalue weighted by atomic mass is 10.1. The van der Waals surface area contributed by atoms with E-state index in [1.807, 2.05) is 44.2 Å². The van der Waals surface area contributed by atoms with Crippen LogP contribution in [0.4, 0.5) is 0 Å². The smallest absolute Gasteiger partial charge is 0.244 e. The normalized spacial score (nSPS) is 9.29. The van der Waals surface area contributed by atoms with Crippen molar-refractivity contribution in [3.05, 3.63) is 35.9 Å². The second kappa shape index (κ2) is 5.17. The van der Waals surface area contributed by atoms with Crippen molar-refractivity contribution in [2.75, 3.05) is 0 Å². The minimum Gasteiger partial charge on any atom is -0.273 e. The Bertz CT molecular complexity index is 326. The van der Waals surface area contributed by atoms with Crippen LogP contribution in [0.2, 0.25) is 0 Å². The fraction of sp³-hybridized carbons (Fsp3) is 0.273. The predicted octanol–water partition coefficient (Wildman–Crippen LogP) is 1.74. The highest BCUT2D eigenvalue weighted by Crippen LogP contribution is 1.98. The summed E-state index contributed by atoms with van der Waals surface area (Å²) in [5.74, 6) is -0.0857. The SMILES string of the molecule is CC(C)=NNC(=O)Cc1ccccc1. The van der Waals surface area contributed by atoms with E-state index in [4.69, 9.17) is 0 Å². The molecule has 14 heavy (non-hydrogen) atoms. The lowest BCUT2D eigenvalue weighted by molar-refractivity contribution is -0.120.